The van der Waals surface area contributed by atoms with E-state index in [-0.39, 0.29) is 35.9 Å². The first-order chi connectivity index (χ1) is 18.0. The van der Waals surface area contributed by atoms with Crippen molar-refractivity contribution in [2.24, 2.45) is 0 Å². The van der Waals surface area contributed by atoms with Crippen molar-refractivity contribution in [2.75, 3.05) is 24.7 Å². The number of aromatic amines is 1. The van der Waals surface area contributed by atoms with Crippen LogP contribution in [0.15, 0.2) is 22.2 Å². The first kappa shape index (κ1) is 26.3. The quantitative estimate of drug-likeness (QED) is 0.154. The molecule has 2 saturated heterocycles. The highest BCUT2D eigenvalue weighted by atomic mass is 31.2. The number of H-pyrrole nitrogens is 1. The van der Waals surface area contributed by atoms with Gasteiger partial charge in [-0.2, -0.15) is 9.97 Å². The third kappa shape index (κ3) is 5.18. The normalized spacial score (nSPS) is 29.1. The lowest BCUT2D eigenvalue weighted by molar-refractivity contribution is -0.0568. The van der Waals surface area contributed by atoms with E-state index in [4.69, 9.17) is 30.0 Å². The molecule has 38 heavy (non-hydrogen) atoms. The van der Waals surface area contributed by atoms with Crippen LogP contribution in [0.1, 0.15) is 25.3 Å². The number of phosphoric ester groups is 1. The van der Waals surface area contributed by atoms with E-state index in [9.17, 15) is 29.3 Å². The van der Waals surface area contributed by atoms with Crippen LogP contribution in [0.4, 0.5) is 11.9 Å². The molecule has 0 spiro atoms. The summed E-state index contributed by atoms with van der Waals surface area (Å²) in [6.07, 6.45) is -3.86. The number of phosphoric acid groups is 1. The van der Waals surface area contributed by atoms with Gasteiger partial charge in [-0.1, -0.05) is 0 Å². The Kier molecular flexibility index (Phi) is 7.01. The van der Waals surface area contributed by atoms with Crippen LogP contribution in [-0.4, -0.2) is 86.8 Å². The second-order valence-electron chi connectivity index (χ2n) is 8.57. The van der Waals surface area contributed by atoms with E-state index < -0.39 is 69.2 Å². The van der Waals surface area contributed by atoms with Gasteiger partial charge in [0.2, 0.25) is 11.9 Å². The maximum Gasteiger partial charge on any atom is 0.472 e. The average molecular weight is 557 g/mol. The van der Waals surface area contributed by atoms with Crippen molar-refractivity contribution in [2.45, 2.75) is 49.7 Å². The topological polar surface area (TPSA) is 278 Å². The van der Waals surface area contributed by atoms with Crippen molar-refractivity contribution in [3.05, 3.63) is 33.5 Å². The Morgan fingerprint density at radius 1 is 1.11 bits per heavy atom. The van der Waals surface area contributed by atoms with Gasteiger partial charge in [0.15, 0.2) is 11.2 Å². The summed E-state index contributed by atoms with van der Waals surface area (Å²) in [6.45, 7) is -1.12. The van der Waals surface area contributed by atoms with Crippen LogP contribution in [0.2, 0.25) is 0 Å². The highest BCUT2D eigenvalue weighted by Crippen LogP contribution is 2.49. The molecule has 2 aliphatic rings. The van der Waals surface area contributed by atoms with Gasteiger partial charge in [0.25, 0.3) is 5.56 Å². The fraction of sp³-hybridized carbons (Fsp3) is 0.556. The largest absolute Gasteiger partial charge is 0.472 e. The van der Waals surface area contributed by atoms with Crippen LogP contribution in [-0.2, 0) is 23.1 Å². The Bertz CT molecular complexity index is 1490. The molecular formula is C18H24N9O10P. The van der Waals surface area contributed by atoms with Gasteiger partial charge in [-0.25, -0.2) is 19.3 Å². The summed E-state index contributed by atoms with van der Waals surface area (Å²) in [5.74, 6) is -0.369. The molecule has 3 aromatic heterocycles. The third-order valence-electron chi connectivity index (χ3n) is 6.05. The summed E-state index contributed by atoms with van der Waals surface area (Å²) in [7, 11) is -4.75. The molecule has 0 saturated carbocycles. The zero-order valence-corrected chi connectivity index (χ0v) is 20.3. The molecule has 19 nitrogen and oxygen atoms in total. The minimum absolute atomic E-state index is 0.00472. The molecule has 2 unspecified atom stereocenters. The van der Waals surface area contributed by atoms with Crippen molar-refractivity contribution < 1.29 is 38.2 Å². The SMILES string of the molecule is Nc1ncn([C@H]2CC(O)[C@@H](COP(=O)(O)O[C@@H]3C[C@H](n4cnc5c(=O)[nH]c(N)nc54)O[C@@H]3CO)O2)c(=O)n1. The van der Waals surface area contributed by atoms with Gasteiger partial charge < -0.3 is 36.0 Å². The second-order valence-corrected chi connectivity index (χ2v) is 9.97. The maximum atomic E-state index is 12.7. The molecule has 7 atom stereocenters. The number of aliphatic hydroxyl groups excluding tert-OH is 2. The van der Waals surface area contributed by atoms with Gasteiger partial charge >= 0.3 is 13.5 Å². The lowest BCUT2D eigenvalue weighted by Crippen LogP contribution is -2.30. The van der Waals surface area contributed by atoms with Gasteiger partial charge in [-0.05, 0) is 0 Å². The lowest BCUT2D eigenvalue weighted by Gasteiger charge is -2.21. The number of nitrogens with zero attached hydrogens (tertiary/aromatic N) is 6. The van der Waals surface area contributed by atoms with Crippen LogP contribution in [0.3, 0.4) is 0 Å². The standard InChI is InChI=1S/C18H24N9O10P/c19-16-22-6-27(18(31)25-16)11-1-7(29)10(36-11)4-34-38(32,33)37-8-2-12(35-9(8)3-28)26-5-21-13-14(26)23-17(20)24-15(13)30/h5-12,28-29H,1-4H2,(H,32,33)(H2,19,25,31)(H3,20,23,24,30)/t7?,8-,9-,10-,11-,12-/m1/s1. The molecule has 206 valence electrons. The molecule has 20 heteroatoms. The van der Waals surface area contributed by atoms with Crippen LogP contribution >= 0.6 is 7.82 Å². The van der Waals surface area contributed by atoms with Gasteiger partial charge in [0.1, 0.15) is 37.1 Å². The maximum absolute atomic E-state index is 12.7. The van der Waals surface area contributed by atoms with Gasteiger partial charge in [0.05, 0.1) is 25.6 Å². The molecule has 0 radical (unpaired) electrons. The molecule has 0 aliphatic carbocycles. The summed E-state index contributed by atoms with van der Waals surface area (Å²) >= 11 is 0. The van der Waals surface area contributed by atoms with E-state index in [1.807, 2.05) is 0 Å². The zero-order chi connectivity index (χ0) is 27.2. The molecule has 2 aliphatic heterocycles. The van der Waals surface area contributed by atoms with Crippen molar-refractivity contribution in [1.29, 1.82) is 0 Å². The highest BCUT2D eigenvalue weighted by molar-refractivity contribution is 7.47. The predicted molar refractivity (Wildman–Crippen MR) is 124 cm³/mol. The molecular weight excluding hydrogens is 533 g/mol. The van der Waals surface area contributed by atoms with Crippen LogP contribution in [0.25, 0.3) is 11.2 Å². The molecule has 2 fully saturated rings. The molecule has 0 bridgehead atoms. The summed E-state index contributed by atoms with van der Waals surface area (Å²) in [6, 6.07) is 0. The minimum atomic E-state index is -4.75. The summed E-state index contributed by atoms with van der Waals surface area (Å²) in [4.78, 5) is 51.9. The number of rotatable bonds is 8. The van der Waals surface area contributed by atoms with E-state index in [2.05, 4.69) is 24.9 Å². The molecule has 5 heterocycles. The molecule has 5 rings (SSSR count). The highest BCUT2D eigenvalue weighted by Gasteiger charge is 2.43. The fourth-order valence-corrected chi connectivity index (χ4v) is 5.22. The predicted octanol–water partition coefficient (Wildman–Crippen LogP) is -2.63. The summed E-state index contributed by atoms with van der Waals surface area (Å²) in [5, 5.41) is 20.0. The Balaban J connectivity index is 1.23. The Morgan fingerprint density at radius 3 is 2.55 bits per heavy atom. The lowest BCUT2D eigenvalue weighted by atomic mass is 10.2. The van der Waals surface area contributed by atoms with E-state index in [1.54, 1.807) is 0 Å². The molecule has 0 amide bonds. The fourth-order valence-electron chi connectivity index (χ4n) is 4.26. The average Bonchev–Trinajstić information content (AvgIpc) is 3.54. The number of ether oxygens (including phenoxy) is 2. The second kappa shape index (κ2) is 10.1. The Labute approximate surface area is 211 Å². The van der Waals surface area contributed by atoms with E-state index in [1.165, 1.54) is 10.9 Å². The Hall–Kier alpha value is -3.29. The molecule has 8 N–H and O–H groups in total. The number of hydrogen-bond donors (Lipinski definition) is 6. The number of anilines is 2. The van der Waals surface area contributed by atoms with Gasteiger partial charge in [-0.15, -0.1) is 0 Å². The first-order valence-corrected chi connectivity index (χ1v) is 12.7. The number of nitrogens with one attached hydrogen (secondary N) is 1. The number of fused-ring (bicyclic) bond motifs is 1. The van der Waals surface area contributed by atoms with E-state index >= 15 is 0 Å². The van der Waals surface area contributed by atoms with Crippen molar-refractivity contribution in [1.82, 2.24) is 34.1 Å². The van der Waals surface area contributed by atoms with Crippen LogP contribution in [0.5, 0.6) is 0 Å². The number of hydrogen-bond acceptors (Lipinski definition) is 15. The molecule has 0 aromatic carbocycles. The number of nitrogen functional groups attached to an aromatic ring is 2. The Morgan fingerprint density at radius 2 is 1.82 bits per heavy atom. The van der Waals surface area contributed by atoms with Crippen LogP contribution < -0.4 is 22.7 Å². The molecule has 3 aromatic rings. The smallest absolute Gasteiger partial charge is 0.394 e. The number of imidazole rings is 1. The summed E-state index contributed by atoms with van der Waals surface area (Å²) < 4.78 is 36.7. The van der Waals surface area contributed by atoms with Crippen molar-refractivity contribution in [3.63, 3.8) is 0 Å². The zero-order valence-electron chi connectivity index (χ0n) is 19.4. The first-order valence-electron chi connectivity index (χ1n) is 11.2. The number of aromatic nitrogens is 7. The third-order valence-corrected chi connectivity index (χ3v) is 7.06. The number of nitrogens with two attached hydrogens (primary N) is 2. The van der Waals surface area contributed by atoms with Crippen molar-refractivity contribution >= 4 is 30.9 Å². The van der Waals surface area contributed by atoms with Gasteiger partial charge in [0, 0.05) is 12.8 Å². The minimum Gasteiger partial charge on any atom is -0.394 e. The van der Waals surface area contributed by atoms with Crippen molar-refractivity contribution in [3.8, 4) is 0 Å². The summed E-state index contributed by atoms with van der Waals surface area (Å²) in [5.41, 5.74) is 9.79. The van der Waals surface area contributed by atoms with E-state index in [0.717, 1.165) is 10.9 Å². The number of aliphatic hydroxyl groups is 2. The van der Waals surface area contributed by atoms with Gasteiger partial charge in [-0.3, -0.25) is 28.0 Å². The monoisotopic (exact) mass is 557 g/mol. The van der Waals surface area contributed by atoms with E-state index in [0.29, 0.717) is 0 Å². The van der Waals surface area contributed by atoms with Crippen LogP contribution in [0, 0.1) is 0 Å².